The third kappa shape index (κ3) is 3.83. The number of hydrogen-bond donors (Lipinski definition) is 1. The number of aromatic nitrogens is 2. The Hall–Kier alpha value is -2.78. The van der Waals surface area contributed by atoms with Crippen LogP contribution >= 0.6 is 23.3 Å². The molecule has 1 aliphatic rings. The van der Waals surface area contributed by atoms with Gasteiger partial charge in [-0.15, -0.1) is 11.8 Å². The second-order valence-electron chi connectivity index (χ2n) is 5.71. The van der Waals surface area contributed by atoms with Crippen LogP contribution in [-0.2, 0) is 9.59 Å². The molecule has 2 heterocycles. The number of anilines is 2. The van der Waals surface area contributed by atoms with Gasteiger partial charge >= 0.3 is 0 Å². The maximum absolute atomic E-state index is 13.0. The van der Waals surface area contributed by atoms with Gasteiger partial charge in [0.2, 0.25) is 16.9 Å². The van der Waals surface area contributed by atoms with Gasteiger partial charge < -0.3 is 4.90 Å². The smallest absolute Gasteiger partial charge is 0.246 e. The number of carbonyl (C=O) groups is 2. The van der Waals surface area contributed by atoms with Crippen molar-refractivity contribution in [3.05, 3.63) is 54.3 Å². The van der Waals surface area contributed by atoms with Gasteiger partial charge in [0.15, 0.2) is 5.82 Å². The Balaban J connectivity index is 1.46. The molecule has 136 valence electrons. The highest BCUT2D eigenvalue weighted by Crippen LogP contribution is 2.34. The summed E-state index contributed by atoms with van der Waals surface area (Å²) in [6.07, 6.45) is 0. The fourth-order valence-electron chi connectivity index (χ4n) is 2.62. The molecule has 0 unspecified atom stereocenters. The van der Waals surface area contributed by atoms with Crippen LogP contribution in [0.2, 0.25) is 0 Å². The summed E-state index contributed by atoms with van der Waals surface area (Å²) in [5.74, 6) is -0.0964. The number of amides is 2. The van der Waals surface area contributed by atoms with E-state index in [1.807, 2.05) is 24.3 Å². The van der Waals surface area contributed by atoms with Gasteiger partial charge in [0.05, 0.1) is 11.4 Å². The summed E-state index contributed by atoms with van der Waals surface area (Å²) >= 11 is 2.49. The first-order chi connectivity index (χ1) is 13.1. The lowest BCUT2D eigenvalue weighted by Crippen LogP contribution is -2.41. The van der Waals surface area contributed by atoms with E-state index in [4.69, 9.17) is 0 Å². The number of nitrogens with zero attached hydrogens (tertiary/aromatic N) is 3. The largest absolute Gasteiger partial charge is 0.301 e. The molecule has 27 heavy (non-hydrogen) atoms. The molecule has 1 aliphatic heterocycles. The first kappa shape index (κ1) is 17.6. The molecule has 0 saturated carbocycles. The topological polar surface area (TPSA) is 75.2 Å². The van der Waals surface area contributed by atoms with Crippen molar-refractivity contribution in [1.29, 1.82) is 0 Å². The minimum Gasteiger partial charge on any atom is -0.301 e. The minimum absolute atomic E-state index is 0.0954. The predicted molar refractivity (Wildman–Crippen MR) is 103 cm³/mol. The highest BCUT2D eigenvalue weighted by atomic mass is 32.2. The highest BCUT2D eigenvalue weighted by Gasteiger charge is 2.26. The number of fused-ring (bicyclic) bond motifs is 1. The number of nitrogens with one attached hydrogen (secondary N) is 1. The summed E-state index contributed by atoms with van der Waals surface area (Å²) in [7, 11) is 0. The quantitative estimate of drug-likeness (QED) is 0.726. The lowest BCUT2D eigenvalue weighted by Gasteiger charge is -2.28. The fraction of sp³-hybridized carbons (Fsp3) is 0.111. The van der Waals surface area contributed by atoms with Crippen molar-refractivity contribution in [3.63, 3.8) is 0 Å². The number of benzene rings is 2. The van der Waals surface area contributed by atoms with Crippen molar-refractivity contribution in [3.8, 4) is 11.4 Å². The maximum atomic E-state index is 13.0. The van der Waals surface area contributed by atoms with Crippen LogP contribution in [0.15, 0.2) is 53.4 Å². The SMILES string of the molecule is O=C(CN1C(=O)CSc2ccccc21)Nc1nc(-c2ccc(F)cc2)ns1. The van der Waals surface area contributed by atoms with Crippen LogP contribution in [-0.4, -0.2) is 33.5 Å². The fourth-order valence-corrected chi connectivity index (χ4v) is 4.16. The molecule has 0 saturated heterocycles. The van der Waals surface area contributed by atoms with Crippen molar-refractivity contribution in [2.75, 3.05) is 22.5 Å². The molecular formula is C18H13FN4O2S2. The van der Waals surface area contributed by atoms with Crippen LogP contribution in [0.3, 0.4) is 0 Å². The molecule has 0 bridgehead atoms. The molecule has 1 aromatic heterocycles. The first-order valence-corrected chi connectivity index (χ1v) is 9.78. The van der Waals surface area contributed by atoms with Gasteiger partial charge in [-0.25, -0.2) is 4.39 Å². The zero-order valence-corrected chi connectivity index (χ0v) is 15.5. The van der Waals surface area contributed by atoms with Crippen molar-refractivity contribution >= 4 is 45.9 Å². The van der Waals surface area contributed by atoms with Crippen molar-refractivity contribution in [2.45, 2.75) is 4.90 Å². The average molecular weight is 400 g/mol. The Morgan fingerprint density at radius 2 is 1.96 bits per heavy atom. The molecule has 0 spiro atoms. The van der Waals surface area contributed by atoms with Gasteiger partial charge in [0.25, 0.3) is 0 Å². The van der Waals surface area contributed by atoms with Crippen molar-refractivity contribution in [1.82, 2.24) is 9.36 Å². The maximum Gasteiger partial charge on any atom is 0.246 e. The van der Waals surface area contributed by atoms with Crippen LogP contribution in [0.25, 0.3) is 11.4 Å². The monoisotopic (exact) mass is 400 g/mol. The molecule has 0 fully saturated rings. The second-order valence-corrected chi connectivity index (χ2v) is 7.48. The van der Waals surface area contributed by atoms with Crippen LogP contribution < -0.4 is 10.2 Å². The highest BCUT2D eigenvalue weighted by molar-refractivity contribution is 8.00. The average Bonchev–Trinajstić information content (AvgIpc) is 3.13. The van der Waals surface area contributed by atoms with E-state index >= 15 is 0 Å². The van der Waals surface area contributed by atoms with E-state index in [0.29, 0.717) is 22.3 Å². The molecule has 0 radical (unpaired) electrons. The van der Waals surface area contributed by atoms with Gasteiger partial charge in [-0.3, -0.25) is 14.9 Å². The standard InChI is InChI=1S/C18H13FN4O2S2/c19-12-7-5-11(6-8-12)17-21-18(27-22-17)20-15(24)9-23-13-3-1-2-4-14(13)26-10-16(23)25/h1-8H,9-10H2,(H,20,21,22,24). The molecule has 3 aromatic rings. The Morgan fingerprint density at radius 3 is 2.78 bits per heavy atom. The first-order valence-electron chi connectivity index (χ1n) is 8.02. The van der Waals surface area contributed by atoms with Crippen LogP contribution in [0.1, 0.15) is 0 Å². The molecule has 9 heteroatoms. The van der Waals surface area contributed by atoms with E-state index in [-0.39, 0.29) is 24.2 Å². The lowest BCUT2D eigenvalue weighted by atomic mass is 10.2. The summed E-state index contributed by atoms with van der Waals surface area (Å²) in [6.45, 7) is -0.0954. The van der Waals surface area contributed by atoms with Gasteiger partial charge in [0.1, 0.15) is 12.4 Å². The second kappa shape index (κ2) is 7.45. The van der Waals surface area contributed by atoms with Crippen molar-refractivity contribution < 1.29 is 14.0 Å². The van der Waals surface area contributed by atoms with Crippen molar-refractivity contribution in [2.24, 2.45) is 0 Å². The molecule has 2 amide bonds. The number of thioether (sulfide) groups is 1. The van der Waals surface area contributed by atoms with Gasteiger partial charge in [0, 0.05) is 22.0 Å². The van der Waals surface area contributed by atoms with E-state index in [9.17, 15) is 14.0 Å². The Kier molecular flexibility index (Phi) is 4.87. The number of carbonyl (C=O) groups excluding carboxylic acids is 2. The molecule has 0 atom stereocenters. The van der Waals surface area contributed by atoms with Gasteiger partial charge in [-0.1, -0.05) is 12.1 Å². The molecule has 0 aliphatic carbocycles. The number of halogens is 1. The molecular weight excluding hydrogens is 387 g/mol. The minimum atomic E-state index is -0.355. The summed E-state index contributed by atoms with van der Waals surface area (Å²) in [4.78, 5) is 31.3. The van der Waals surface area contributed by atoms with Gasteiger partial charge in [-0.05, 0) is 36.4 Å². The van der Waals surface area contributed by atoms with Crippen LogP contribution in [0.5, 0.6) is 0 Å². The Bertz CT molecular complexity index is 1010. The molecule has 1 N–H and O–H groups in total. The summed E-state index contributed by atoms with van der Waals surface area (Å²) < 4.78 is 17.2. The van der Waals surface area contributed by atoms with E-state index < -0.39 is 0 Å². The third-order valence-electron chi connectivity index (χ3n) is 3.88. The Labute approximate surface area is 162 Å². The molecule has 6 nitrogen and oxygen atoms in total. The molecule has 2 aromatic carbocycles. The zero-order valence-electron chi connectivity index (χ0n) is 13.9. The van der Waals surface area contributed by atoms with E-state index in [1.54, 1.807) is 12.1 Å². The zero-order chi connectivity index (χ0) is 18.8. The Morgan fingerprint density at radius 1 is 1.19 bits per heavy atom. The number of rotatable bonds is 4. The number of hydrogen-bond acceptors (Lipinski definition) is 6. The van der Waals surface area contributed by atoms with E-state index in [2.05, 4.69) is 14.7 Å². The predicted octanol–water partition coefficient (Wildman–Crippen LogP) is 3.42. The van der Waals surface area contributed by atoms with Crippen LogP contribution in [0, 0.1) is 5.82 Å². The van der Waals surface area contributed by atoms with E-state index in [0.717, 1.165) is 22.1 Å². The summed E-state index contributed by atoms with van der Waals surface area (Å²) in [6, 6.07) is 13.3. The lowest BCUT2D eigenvalue weighted by molar-refractivity contribution is -0.120. The summed E-state index contributed by atoms with van der Waals surface area (Å²) in [5.41, 5.74) is 1.39. The normalized spacial score (nSPS) is 13.4. The van der Waals surface area contributed by atoms with E-state index in [1.165, 1.54) is 28.8 Å². The molecule has 4 rings (SSSR count). The number of para-hydroxylation sites is 1. The summed E-state index contributed by atoms with van der Waals surface area (Å²) in [5, 5.41) is 3.00. The van der Waals surface area contributed by atoms with Crippen LogP contribution in [0.4, 0.5) is 15.2 Å². The van der Waals surface area contributed by atoms with Gasteiger partial charge in [-0.2, -0.15) is 9.36 Å². The third-order valence-corrected chi connectivity index (χ3v) is 5.56.